The van der Waals surface area contributed by atoms with Crippen LogP contribution in [0.3, 0.4) is 0 Å². The molecule has 0 aliphatic heterocycles. The van der Waals surface area contributed by atoms with E-state index in [1.807, 2.05) is 6.07 Å². The van der Waals surface area contributed by atoms with E-state index in [9.17, 15) is 13.2 Å². The Hall–Kier alpha value is -1.81. The predicted molar refractivity (Wildman–Crippen MR) is 72.0 cm³/mol. The average Bonchev–Trinajstić information content (AvgIpc) is 3.17. The van der Waals surface area contributed by atoms with Crippen LogP contribution in [-0.2, 0) is 11.7 Å². The van der Waals surface area contributed by atoms with E-state index in [-0.39, 0.29) is 11.1 Å². The summed E-state index contributed by atoms with van der Waals surface area (Å²) >= 11 is 0. The second-order valence-electron chi connectivity index (χ2n) is 5.28. The molecule has 0 heterocycles. The molecule has 0 spiro atoms. The molecule has 0 atom stereocenters. The lowest BCUT2D eigenvalue weighted by atomic mass is 9.95. The van der Waals surface area contributed by atoms with E-state index in [4.69, 9.17) is 5.73 Å². The van der Waals surface area contributed by atoms with Crippen molar-refractivity contribution in [1.82, 2.24) is 0 Å². The first-order chi connectivity index (χ1) is 9.40. The molecule has 4 heteroatoms. The molecule has 1 aliphatic rings. The molecule has 20 heavy (non-hydrogen) atoms. The largest absolute Gasteiger partial charge is 0.417 e. The molecule has 0 radical (unpaired) electrons. The lowest BCUT2D eigenvalue weighted by Crippen LogP contribution is -2.18. The van der Waals surface area contributed by atoms with E-state index >= 15 is 0 Å². The molecule has 1 saturated carbocycles. The van der Waals surface area contributed by atoms with Crippen molar-refractivity contribution in [3.05, 3.63) is 59.7 Å². The first-order valence-electron chi connectivity index (χ1n) is 6.46. The fourth-order valence-corrected chi connectivity index (χ4v) is 2.40. The molecule has 0 amide bonds. The maximum absolute atomic E-state index is 13.1. The zero-order valence-corrected chi connectivity index (χ0v) is 10.7. The second kappa shape index (κ2) is 4.35. The van der Waals surface area contributed by atoms with Gasteiger partial charge in [-0.25, -0.2) is 0 Å². The SMILES string of the molecule is NC1(c2cccc(-c3ccccc3C(F)(F)F)c2)CC1. The molecule has 0 unspecified atom stereocenters. The minimum absolute atomic E-state index is 0.200. The van der Waals surface area contributed by atoms with Gasteiger partial charge in [0.1, 0.15) is 0 Å². The summed E-state index contributed by atoms with van der Waals surface area (Å²) in [7, 11) is 0. The van der Waals surface area contributed by atoms with Crippen molar-refractivity contribution in [2.45, 2.75) is 24.6 Å². The van der Waals surface area contributed by atoms with Crippen LogP contribution in [0.25, 0.3) is 11.1 Å². The van der Waals surface area contributed by atoms with Gasteiger partial charge in [0, 0.05) is 5.54 Å². The highest BCUT2D eigenvalue weighted by molar-refractivity contribution is 5.69. The van der Waals surface area contributed by atoms with E-state index in [1.165, 1.54) is 12.1 Å². The van der Waals surface area contributed by atoms with E-state index < -0.39 is 11.7 Å². The van der Waals surface area contributed by atoms with E-state index in [0.717, 1.165) is 24.5 Å². The Labute approximate surface area is 115 Å². The van der Waals surface area contributed by atoms with E-state index in [2.05, 4.69) is 0 Å². The smallest absolute Gasteiger partial charge is 0.321 e. The summed E-state index contributed by atoms with van der Waals surface area (Å²) in [5, 5.41) is 0. The zero-order valence-electron chi connectivity index (χ0n) is 10.7. The number of hydrogen-bond acceptors (Lipinski definition) is 1. The third-order valence-corrected chi connectivity index (χ3v) is 3.77. The number of nitrogens with two attached hydrogens (primary N) is 1. The van der Waals surface area contributed by atoms with Gasteiger partial charge in [-0.05, 0) is 41.7 Å². The van der Waals surface area contributed by atoms with Gasteiger partial charge in [-0.1, -0.05) is 36.4 Å². The van der Waals surface area contributed by atoms with Crippen LogP contribution in [0.15, 0.2) is 48.5 Å². The molecule has 0 aromatic heterocycles. The number of benzene rings is 2. The van der Waals surface area contributed by atoms with Gasteiger partial charge in [0.05, 0.1) is 5.56 Å². The highest BCUT2D eigenvalue weighted by Gasteiger charge is 2.40. The zero-order chi connectivity index (χ0) is 14.4. The standard InChI is InChI=1S/C16H14F3N/c17-16(18,19)14-7-2-1-6-13(14)11-4-3-5-12(10-11)15(20)8-9-15/h1-7,10H,8-9,20H2. The molecule has 3 rings (SSSR count). The van der Waals surface area contributed by atoms with Gasteiger partial charge < -0.3 is 5.73 Å². The van der Waals surface area contributed by atoms with Crippen LogP contribution in [-0.4, -0.2) is 0 Å². The van der Waals surface area contributed by atoms with Crippen LogP contribution in [0, 0.1) is 0 Å². The van der Waals surface area contributed by atoms with E-state index in [1.54, 1.807) is 24.3 Å². The summed E-state index contributed by atoms with van der Waals surface area (Å²) in [5.74, 6) is 0. The van der Waals surface area contributed by atoms with E-state index in [0.29, 0.717) is 5.56 Å². The molecule has 0 saturated heterocycles. The first kappa shape index (κ1) is 13.2. The van der Waals surface area contributed by atoms with Gasteiger partial charge in [0.15, 0.2) is 0 Å². The van der Waals surface area contributed by atoms with Gasteiger partial charge in [0.25, 0.3) is 0 Å². The van der Waals surface area contributed by atoms with Crippen LogP contribution >= 0.6 is 0 Å². The van der Waals surface area contributed by atoms with Crippen molar-refractivity contribution in [1.29, 1.82) is 0 Å². The van der Waals surface area contributed by atoms with Crippen molar-refractivity contribution >= 4 is 0 Å². The number of halogens is 3. The lowest BCUT2D eigenvalue weighted by Gasteiger charge is -2.15. The molecule has 1 aliphatic carbocycles. The van der Waals surface area contributed by atoms with Crippen LogP contribution in [0.4, 0.5) is 13.2 Å². The van der Waals surface area contributed by atoms with Crippen molar-refractivity contribution in [3.8, 4) is 11.1 Å². The second-order valence-corrected chi connectivity index (χ2v) is 5.28. The van der Waals surface area contributed by atoms with Gasteiger partial charge in [-0.3, -0.25) is 0 Å². The Morgan fingerprint density at radius 3 is 2.30 bits per heavy atom. The topological polar surface area (TPSA) is 26.0 Å². The predicted octanol–water partition coefficient (Wildman–Crippen LogP) is 4.32. The Bertz CT molecular complexity index is 642. The normalized spacial score (nSPS) is 17.0. The molecule has 104 valence electrons. The van der Waals surface area contributed by atoms with Crippen LogP contribution in [0.5, 0.6) is 0 Å². The monoisotopic (exact) mass is 277 g/mol. The molecule has 1 fully saturated rings. The molecular weight excluding hydrogens is 263 g/mol. The van der Waals surface area contributed by atoms with Crippen molar-refractivity contribution in [2.75, 3.05) is 0 Å². The highest BCUT2D eigenvalue weighted by atomic mass is 19.4. The lowest BCUT2D eigenvalue weighted by molar-refractivity contribution is -0.137. The fourth-order valence-electron chi connectivity index (χ4n) is 2.40. The fraction of sp³-hybridized carbons (Fsp3) is 0.250. The summed E-state index contributed by atoms with van der Waals surface area (Å²) in [4.78, 5) is 0. The van der Waals surface area contributed by atoms with Gasteiger partial charge in [-0.2, -0.15) is 13.2 Å². The maximum atomic E-state index is 13.1. The van der Waals surface area contributed by atoms with Crippen LogP contribution in [0.2, 0.25) is 0 Å². The van der Waals surface area contributed by atoms with Crippen LogP contribution in [0.1, 0.15) is 24.0 Å². The Kier molecular flexibility index (Phi) is 2.87. The molecule has 2 aromatic rings. The molecule has 0 bridgehead atoms. The van der Waals surface area contributed by atoms with Crippen LogP contribution < -0.4 is 5.73 Å². The third kappa shape index (κ3) is 2.31. The quantitative estimate of drug-likeness (QED) is 0.869. The minimum atomic E-state index is -4.35. The van der Waals surface area contributed by atoms with Crippen molar-refractivity contribution < 1.29 is 13.2 Å². The number of alkyl halides is 3. The first-order valence-corrected chi connectivity index (χ1v) is 6.46. The highest BCUT2D eigenvalue weighted by Crippen LogP contribution is 2.44. The summed E-state index contributed by atoms with van der Waals surface area (Å²) in [6, 6.07) is 12.7. The average molecular weight is 277 g/mol. The van der Waals surface area contributed by atoms with Crippen molar-refractivity contribution in [2.24, 2.45) is 5.73 Å². The summed E-state index contributed by atoms with van der Waals surface area (Å²) < 4.78 is 39.2. The molecule has 2 N–H and O–H groups in total. The molecular formula is C16H14F3N. The van der Waals surface area contributed by atoms with Crippen molar-refractivity contribution in [3.63, 3.8) is 0 Å². The van der Waals surface area contributed by atoms with Gasteiger partial charge >= 0.3 is 6.18 Å². The summed E-state index contributed by atoms with van der Waals surface area (Å²) in [6.45, 7) is 0. The summed E-state index contributed by atoms with van der Waals surface area (Å²) in [5.41, 5.74) is 6.83. The maximum Gasteiger partial charge on any atom is 0.417 e. The number of rotatable bonds is 2. The van der Waals surface area contributed by atoms with Gasteiger partial charge in [-0.15, -0.1) is 0 Å². The number of hydrogen-bond donors (Lipinski definition) is 1. The summed E-state index contributed by atoms with van der Waals surface area (Å²) in [6.07, 6.45) is -2.58. The van der Waals surface area contributed by atoms with Gasteiger partial charge in [0.2, 0.25) is 0 Å². The minimum Gasteiger partial charge on any atom is -0.321 e. The Morgan fingerprint density at radius 2 is 1.65 bits per heavy atom. The third-order valence-electron chi connectivity index (χ3n) is 3.77. The Morgan fingerprint density at radius 1 is 0.950 bits per heavy atom. The molecule has 1 nitrogen and oxygen atoms in total. The molecule has 2 aromatic carbocycles. The Balaban J connectivity index is 2.10.